The molecule has 1 aliphatic heterocycles. The third-order valence-electron chi connectivity index (χ3n) is 4.23. The average Bonchev–Trinajstić information content (AvgIpc) is 3.12. The van der Waals surface area contributed by atoms with Crippen molar-refractivity contribution in [1.82, 2.24) is 20.3 Å². The molecule has 0 saturated carbocycles. The number of methoxy groups -OCH3 is 1. The molecule has 0 bridgehead atoms. The number of hydrogen-bond donors (Lipinski definition) is 2. The van der Waals surface area contributed by atoms with Crippen molar-refractivity contribution in [2.24, 2.45) is 4.99 Å². The first-order valence-corrected chi connectivity index (χ1v) is 8.50. The van der Waals surface area contributed by atoms with E-state index < -0.39 is 0 Å². The van der Waals surface area contributed by atoms with E-state index in [-0.39, 0.29) is 6.29 Å². The average molecular weight is 348 g/mol. The summed E-state index contributed by atoms with van der Waals surface area (Å²) in [6, 6.07) is 18.1. The summed E-state index contributed by atoms with van der Waals surface area (Å²) in [7, 11) is 1.65. The van der Waals surface area contributed by atoms with Gasteiger partial charge in [-0.25, -0.2) is 0 Å². The zero-order valence-electron chi connectivity index (χ0n) is 14.5. The lowest BCUT2D eigenvalue weighted by molar-refractivity contribution is 0.414. The van der Waals surface area contributed by atoms with Gasteiger partial charge in [0.25, 0.3) is 0 Å². The zero-order valence-corrected chi connectivity index (χ0v) is 14.5. The topological polar surface area (TPSA) is 76.4 Å². The molecule has 2 aromatic carbocycles. The van der Waals surface area contributed by atoms with Gasteiger partial charge in [-0.05, 0) is 36.2 Å². The molecule has 2 heterocycles. The molecule has 7 heteroatoms. The van der Waals surface area contributed by atoms with Crippen LogP contribution in [0.4, 0.5) is 5.82 Å². The number of anilines is 1. The second-order valence-corrected chi connectivity index (χ2v) is 5.95. The van der Waals surface area contributed by atoms with Crippen LogP contribution < -0.4 is 15.4 Å². The van der Waals surface area contributed by atoms with Crippen molar-refractivity contribution in [1.29, 1.82) is 0 Å². The summed E-state index contributed by atoms with van der Waals surface area (Å²) in [5.74, 6) is 1.63. The Morgan fingerprint density at radius 3 is 2.69 bits per heavy atom. The number of nitrogens with one attached hydrogen (secondary N) is 2. The minimum atomic E-state index is -0.207. The Labute approximate surface area is 151 Å². The number of aromatic nitrogens is 3. The number of rotatable bonds is 6. The summed E-state index contributed by atoms with van der Waals surface area (Å²) in [5, 5.41) is 15.2. The number of hydrogen-bond acceptors (Lipinski definition) is 6. The van der Waals surface area contributed by atoms with Gasteiger partial charge in [-0.15, -0.1) is 5.10 Å². The molecule has 1 aromatic heterocycles. The summed E-state index contributed by atoms with van der Waals surface area (Å²) >= 11 is 0. The molecule has 26 heavy (non-hydrogen) atoms. The molecule has 3 aromatic rings. The summed E-state index contributed by atoms with van der Waals surface area (Å²) < 4.78 is 6.97. The first-order chi connectivity index (χ1) is 12.8. The van der Waals surface area contributed by atoms with E-state index in [9.17, 15) is 0 Å². The Balaban J connectivity index is 1.43. The van der Waals surface area contributed by atoms with Crippen LogP contribution in [0.2, 0.25) is 0 Å². The Morgan fingerprint density at radius 1 is 1.12 bits per heavy atom. The molecular formula is C19H20N6O. The molecule has 7 nitrogen and oxygen atoms in total. The number of ether oxygens (including phenoxy) is 1. The first-order valence-electron chi connectivity index (χ1n) is 8.50. The van der Waals surface area contributed by atoms with Crippen LogP contribution in [0.5, 0.6) is 5.75 Å². The number of aliphatic imine (C=N–C) groups is 1. The van der Waals surface area contributed by atoms with Gasteiger partial charge in [0, 0.05) is 6.54 Å². The molecule has 132 valence electrons. The van der Waals surface area contributed by atoms with E-state index in [4.69, 9.17) is 4.74 Å². The smallest absolute Gasteiger partial charge is 0.174 e. The normalized spacial score (nSPS) is 15.3. The largest absolute Gasteiger partial charge is 0.497 e. The van der Waals surface area contributed by atoms with E-state index in [2.05, 4.69) is 50.2 Å². The van der Waals surface area contributed by atoms with Gasteiger partial charge in [0.15, 0.2) is 12.1 Å². The maximum absolute atomic E-state index is 5.20. The lowest BCUT2D eigenvalue weighted by atomic mass is 10.1. The summed E-state index contributed by atoms with van der Waals surface area (Å²) in [6.07, 6.45) is 2.48. The fourth-order valence-electron chi connectivity index (χ4n) is 2.83. The van der Waals surface area contributed by atoms with E-state index in [1.807, 2.05) is 30.3 Å². The Hall–Kier alpha value is -3.19. The van der Waals surface area contributed by atoms with Gasteiger partial charge < -0.3 is 10.1 Å². The van der Waals surface area contributed by atoms with Crippen molar-refractivity contribution in [3.8, 4) is 11.4 Å². The lowest BCUT2D eigenvalue weighted by Gasteiger charge is -2.21. The van der Waals surface area contributed by atoms with E-state index >= 15 is 0 Å². The van der Waals surface area contributed by atoms with E-state index in [0.29, 0.717) is 0 Å². The van der Waals surface area contributed by atoms with E-state index in [0.717, 1.165) is 35.9 Å². The second kappa shape index (κ2) is 7.37. The maximum atomic E-state index is 5.20. The van der Waals surface area contributed by atoms with Gasteiger partial charge >= 0.3 is 0 Å². The molecule has 0 amide bonds. The van der Waals surface area contributed by atoms with Crippen molar-refractivity contribution < 1.29 is 4.74 Å². The summed E-state index contributed by atoms with van der Waals surface area (Å²) in [6.45, 7) is 0.818. The Morgan fingerprint density at radius 2 is 1.92 bits per heavy atom. The van der Waals surface area contributed by atoms with Gasteiger partial charge in [-0.1, -0.05) is 35.5 Å². The highest BCUT2D eigenvalue weighted by Crippen LogP contribution is 2.22. The van der Waals surface area contributed by atoms with Crippen LogP contribution in [-0.2, 0) is 6.42 Å². The monoisotopic (exact) mass is 348 g/mol. The highest BCUT2D eigenvalue weighted by atomic mass is 16.5. The third kappa shape index (κ3) is 3.43. The molecule has 0 fully saturated rings. The van der Waals surface area contributed by atoms with Crippen molar-refractivity contribution in [2.45, 2.75) is 12.7 Å². The zero-order chi connectivity index (χ0) is 17.8. The van der Waals surface area contributed by atoms with Crippen molar-refractivity contribution >= 4 is 12.0 Å². The fraction of sp³-hybridized carbons (Fsp3) is 0.211. The Bertz CT molecular complexity index is 888. The molecule has 4 rings (SSSR count). The molecule has 0 spiro atoms. The SMILES string of the molecule is COc1ccc(-n2nnc3c2NC(NCCc2ccccc2)N=C3)cc1. The van der Waals surface area contributed by atoms with Crippen molar-refractivity contribution in [2.75, 3.05) is 19.0 Å². The highest BCUT2D eigenvalue weighted by Gasteiger charge is 2.20. The van der Waals surface area contributed by atoms with Gasteiger partial charge in [0.2, 0.25) is 0 Å². The summed E-state index contributed by atoms with van der Waals surface area (Å²) in [4.78, 5) is 4.45. The van der Waals surface area contributed by atoms with Crippen LogP contribution in [0, 0.1) is 0 Å². The van der Waals surface area contributed by atoms with Crippen molar-refractivity contribution in [3.63, 3.8) is 0 Å². The van der Waals surface area contributed by atoms with Crippen LogP contribution in [0.1, 0.15) is 11.3 Å². The molecule has 0 saturated heterocycles. The number of benzene rings is 2. The highest BCUT2D eigenvalue weighted by molar-refractivity contribution is 5.86. The standard InChI is InChI=1S/C19H20N6O/c1-26-16-9-7-15(8-10-16)25-18-17(23-24-25)13-21-19(22-18)20-12-11-14-5-3-2-4-6-14/h2-10,13,19-20,22H,11-12H2,1H3. The predicted octanol–water partition coefficient (Wildman–Crippen LogP) is 2.24. The van der Waals surface area contributed by atoms with Crippen LogP contribution in [0.25, 0.3) is 5.69 Å². The molecule has 1 atom stereocenters. The van der Waals surface area contributed by atoms with Crippen LogP contribution in [0.3, 0.4) is 0 Å². The fourth-order valence-corrected chi connectivity index (χ4v) is 2.83. The lowest BCUT2D eigenvalue weighted by Crippen LogP contribution is -2.38. The molecule has 1 aliphatic rings. The molecule has 0 aliphatic carbocycles. The van der Waals surface area contributed by atoms with Crippen molar-refractivity contribution in [3.05, 3.63) is 65.9 Å². The molecule has 0 radical (unpaired) electrons. The minimum absolute atomic E-state index is 0.207. The minimum Gasteiger partial charge on any atom is -0.497 e. The quantitative estimate of drug-likeness (QED) is 0.714. The predicted molar refractivity (Wildman–Crippen MR) is 101 cm³/mol. The molecule has 1 unspecified atom stereocenters. The number of fused-ring (bicyclic) bond motifs is 1. The van der Waals surface area contributed by atoms with E-state index in [1.54, 1.807) is 18.0 Å². The van der Waals surface area contributed by atoms with Crippen LogP contribution in [0.15, 0.2) is 59.6 Å². The molecule has 2 N–H and O–H groups in total. The van der Waals surface area contributed by atoms with Gasteiger partial charge in [0.1, 0.15) is 11.4 Å². The van der Waals surface area contributed by atoms with Crippen LogP contribution >= 0.6 is 0 Å². The second-order valence-electron chi connectivity index (χ2n) is 5.95. The van der Waals surface area contributed by atoms with Gasteiger partial charge in [0.05, 0.1) is 19.0 Å². The van der Waals surface area contributed by atoms with Crippen LogP contribution in [-0.4, -0.2) is 41.2 Å². The number of nitrogens with zero attached hydrogens (tertiary/aromatic N) is 4. The maximum Gasteiger partial charge on any atom is 0.174 e. The Kier molecular flexibility index (Phi) is 4.61. The van der Waals surface area contributed by atoms with Gasteiger partial charge in [-0.2, -0.15) is 4.68 Å². The summed E-state index contributed by atoms with van der Waals surface area (Å²) in [5.41, 5.74) is 2.93. The van der Waals surface area contributed by atoms with E-state index in [1.165, 1.54) is 5.56 Å². The third-order valence-corrected chi connectivity index (χ3v) is 4.23. The first kappa shape index (κ1) is 16.3. The molecular weight excluding hydrogens is 328 g/mol. The van der Waals surface area contributed by atoms with Gasteiger partial charge in [-0.3, -0.25) is 10.3 Å².